The highest BCUT2D eigenvalue weighted by molar-refractivity contribution is 7.99. The summed E-state index contributed by atoms with van der Waals surface area (Å²) >= 11 is 5.80. The van der Waals surface area contributed by atoms with Crippen molar-refractivity contribution in [3.63, 3.8) is 0 Å². The van der Waals surface area contributed by atoms with Crippen LogP contribution in [0.25, 0.3) is 0 Å². The summed E-state index contributed by atoms with van der Waals surface area (Å²) in [4.78, 5) is 38.9. The van der Waals surface area contributed by atoms with Gasteiger partial charge in [0.05, 0.1) is 10.9 Å². The van der Waals surface area contributed by atoms with E-state index in [0.717, 1.165) is 10.5 Å². The average Bonchev–Trinajstić information content (AvgIpc) is 2.81. The number of carbonyl (C=O) groups is 3. The lowest BCUT2D eigenvalue weighted by Gasteiger charge is -2.25. The van der Waals surface area contributed by atoms with E-state index in [1.54, 1.807) is 12.1 Å². The summed E-state index contributed by atoms with van der Waals surface area (Å²) in [5.74, 6) is -1.58. The molecule has 1 heterocycles. The second-order valence-corrected chi connectivity index (χ2v) is 8.05. The van der Waals surface area contributed by atoms with Crippen molar-refractivity contribution in [1.82, 2.24) is 5.32 Å². The number of hydrogen-bond acceptors (Lipinski definition) is 5. The zero-order chi connectivity index (χ0) is 20.1. The minimum Gasteiger partial charge on any atom is -0.480 e. The van der Waals surface area contributed by atoms with Crippen molar-refractivity contribution in [3.8, 4) is 0 Å². The lowest BCUT2D eigenvalue weighted by atomic mass is 10.1. The van der Waals surface area contributed by atoms with Gasteiger partial charge < -0.3 is 10.4 Å². The van der Waals surface area contributed by atoms with Gasteiger partial charge in [-0.05, 0) is 24.1 Å². The number of carboxylic acids is 1. The number of para-hydroxylation sites is 1. The largest absolute Gasteiger partial charge is 0.480 e. The number of benzene rings is 2. The van der Waals surface area contributed by atoms with Crippen molar-refractivity contribution in [2.45, 2.75) is 22.6 Å². The Labute approximate surface area is 172 Å². The van der Waals surface area contributed by atoms with Crippen molar-refractivity contribution in [2.75, 3.05) is 17.2 Å². The van der Waals surface area contributed by atoms with E-state index in [-0.39, 0.29) is 5.91 Å². The Morgan fingerprint density at radius 1 is 1.18 bits per heavy atom. The molecule has 0 fully saturated rings. The van der Waals surface area contributed by atoms with Crippen LogP contribution in [0.1, 0.15) is 5.56 Å². The Morgan fingerprint density at radius 2 is 1.86 bits per heavy atom. The van der Waals surface area contributed by atoms with Crippen LogP contribution < -0.4 is 10.2 Å². The molecule has 0 radical (unpaired) electrons. The predicted octanol–water partition coefficient (Wildman–Crippen LogP) is 2.24. The van der Waals surface area contributed by atoms with Crippen molar-refractivity contribution in [2.24, 2.45) is 0 Å². The third-order valence-corrected chi connectivity index (χ3v) is 5.88. The highest BCUT2D eigenvalue weighted by Crippen LogP contribution is 2.34. The van der Waals surface area contributed by atoms with Crippen molar-refractivity contribution < 1.29 is 19.5 Å². The molecule has 8 heteroatoms. The smallest absolute Gasteiger partial charge is 0.323 e. The molecule has 1 aliphatic rings. The number of amides is 2. The fraction of sp³-hybridized carbons (Fsp3) is 0.250. The summed E-state index contributed by atoms with van der Waals surface area (Å²) in [6.07, 6.45) is 0.433. The zero-order valence-corrected chi connectivity index (χ0v) is 16.7. The minimum atomic E-state index is -1.11. The SMILES string of the molecule is O=C(O)CN1C(=O)C(NC(=O)[C@H](S)Cc2ccccc2)CSc2ccccc21. The Morgan fingerprint density at radius 3 is 2.57 bits per heavy atom. The van der Waals surface area contributed by atoms with E-state index in [9.17, 15) is 19.5 Å². The van der Waals surface area contributed by atoms with Crippen LogP contribution in [-0.4, -0.2) is 46.5 Å². The van der Waals surface area contributed by atoms with Crippen molar-refractivity contribution in [3.05, 3.63) is 60.2 Å². The van der Waals surface area contributed by atoms with Gasteiger partial charge in [0, 0.05) is 10.6 Å². The molecule has 0 spiro atoms. The molecule has 2 aromatic rings. The van der Waals surface area contributed by atoms with E-state index in [1.165, 1.54) is 16.7 Å². The van der Waals surface area contributed by atoms with Crippen LogP contribution >= 0.6 is 24.4 Å². The van der Waals surface area contributed by atoms with Crippen molar-refractivity contribution >= 4 is 47.9 Å². The highest BCUT2D eigenvalue weighted by atomic mass is 32.2. The molecule has 1 unspecified atom stereocenters. The number of anilines is 1. The maximum atomic E-state index is 13.0. The van der Waals surface area contributed by atoms with Gasteiger partial charge in [-0.2, -0.15) is 12.6 Å². The van der Waals surface area contributed by atoms with Crippen LogP contribution in [-0.2, 0) is 20.8 Å². The molecule has 3 rings (SSSR count). The zero-order valence-electron chi connectivity index (χ0n) is 14.9. The first-order valence-electron chi connectivity index (χ1n) is 8.73. The molecule has 28 heavy (non-hydrogen) atoms. The molecule has 146 valence electrons. The second-order valence-electron chi connectivity index (χ2n) is 6.36. The summed E-state index contributed by atoms with van der Waals surface area (Å²) in [6, 6.07) is 15.8. The molecule has 6 nitrogen and oxygen atoms in total. The lowest BCUT2D eigenvalue weighted by Crippen LogP contribution is -2.52. The molecule has 0 saturated heterocycles. The number of nitrogens with one attached hydrogen (secondary N) is 1. The number of carbonyl (C=O) groups excluding carboxylic acids is 2. The first kappa shape index (κ1) is 20.3. The van der Waals surface area contributed by atoms with Gasteiger partial charge in [0.15, 0.2) is 0 Å². The second kappa shape index (κ2) is 9.16. The molecule has 2 aromatic carbocycles. The molecule has 1 aliphatic heterocycles. The number of nitrogens with zero attached hydrogens (tertiary/aromatic N) is 1. The van der Waals surface area contributed by atoms with Gasteiger partial charge in [0.2, 0.25) is 5.91 Å². The summed E-state index contributed by atoms with van der Waals surface area (Å²) in [6.45, 7) is -0.461. The fourth-order valence-electron chi connectivity index (χ4n) is 2.95. The summed E-state index contributed by atoms with van der Waals surface area (Å²) in [7, 11) is 0. The van der Waals surface area contributed by atoms with E-state index >= 15 is 0 Å². The van der Waals surface area contributed by atoms with E-state index in [1.807, 2.05) is 42.5 Å². The maximum absolute atomic E-state index is 13.0. The third kappa shape index (κ3) is 4.88. The molecule has 2 N–H and O–H groups in total. The van der Waals surface area contributed by atoms with Crippen LogP contribution in [0.3, 0.4) is 0 Å². The molecule has 2 amide bonds. The monoisotopic (exact) mass is 416 g/mol. The van der Waals surface area contributed by atoms with Crippen LogP contribution in [0, 0.1) is 0 Å². The van der Waals surface area contributed by atoms with E-state index in [0.29, 0.717) is 17.9 Å². The van der Waals surface area contributed by atoms with Gasteiger partial charge in [0.1, 0.15) is 12.6 Å². The molecule has 0 aliphatic carbocycles. The van der Waals surface area contributed by atoms with E-state index < -0.39 is 29.7 Å². The third-order valence-electron chi connectivity index (χ3n) is 4.31. The number of thioether (sulfide) groups is 1. The molecule has 0 aromatic heterocycles. The Kier molecular flexibility index (Phi) is 6.64. The van der Waals surface area contributed by atoms with Crippen LogP contribution in [0.2, 0.25) is 0 Å². The minimum absolute atomic E-state index is 0.323. The standard InChI is InChI=1S/C20H20N2O4S2/c23-18(24)11-22-15-8-4-5-9-17(15)28-12-14(20(22)26)21-19(25)16(27)10-13-6-2-1-3-7-13/h1-9,14,16,27H,10-12H2,(H,21,25)(H,23,24)/t14?,16-/m1/s1. The first-order chi connectivity index (χ1) is 13.5. The van der Waals surface area contributed by atoms with Gasteiger partial charge in [-0.1, -0.05) is 42.5 Å². The van der Waals surface area contributed by atoms with E-state index in [2.05, 4.69) is 17.9 Å². The van der Waals surface area contributed by atoms with Crippen molar-refractivity contribution in [1.29, 1.82) is 0 Å². The quantitative estimate of drug-likeness (QED) is 0.629. The van der Waals surface area contributed by atoms with Crippen LogP contribution in [0.4, 0.5) is 5.69 Å². The Balaban J connectivity index is 1.74. The van der Waals surface area contributed by atoms with Gasteiger partial charge >= 0.3 is 5.97 Å². The van der Waals surface area contributed by atoms with Crippen LogP contribution in [0.5, 0.6) is 0 Å². The van der Waals surface area contributed by atoms with Gasteiger partial charge in [-0.3, -0.25) is 19.3 Å². The fourth-order valence-corrected chi connectivity index (χ4v) is 4.31. The summed E-state index contributed by atoms with van der Waals surface area (Å²) in [5.41, 5.74) is 1.52. The lowest BCUT2D eigenvalue weighted by molar-refractivity contribution is -0.136. The van der Waals surface area contributed by atoms with Gasteiger partial charge in [-0.25, -0.2) is 0 Å². The first-order valence-corrected chi connectivity index (χ1v) is 10.2. The summed E-state index contributed by atoms with van der Waals surface area (Å²) in [5, 5.41) is 11.4. The molecule has 2 atom stereocenters. The van der Waals surface area contributed by atoms with Crippen LogP contribution in [0.15, 0.2) is 59.5 Å². The molecule has 0 saturated carbocycles. The van der Waals surface area contributed by atoms with Gasteiger partial charge in [0.25, 0.3) is 5.91 Å². The molecular weight excluding hydrogens is 396 g/mol. The maximum Gasteiger partial charge on any atom is 0.323 e. The number of fused-ring (bicyclic) bond motifs is 1. The topological polar surface area (TPSA) is 86.7 Å². The average molecular weight is 417 g/mol. The number of carboxylic acid groups (broad SMARTS) is 1. The van der Waals surface area contributed by atoms with E-state index in [4.69, 9.17) is 0 Å². The van der Waals surface area contributed by atoms with Gasteiger partial charge in [-0.15, -0.1) is 11.8 Å². The molecule has 0 bridgehead atoms. The Bertz CT molecular complexity index is 876. The predicted molar refractivity (Wildman–Crippen MR) is 112 cm³/mol. The number of aliphatic carboxylic acids is 1. The number of hydrogen-bond donors (Lipinski definition) is 3. The molecular formula is C20H20N2O4S2. The number of rotatable bonds is 6. The highest BCUT2D eigenvalue weighted by Gasteiger charge is 2.33. The Hall–Kier alpha value is -2.45. The normalized spacial score (nSPS) is 17.4. The number of thiol groups is 1. The summed E-state index contributed by atoms with van der Waals surface area (Å²) < 4.78 is 0.